The van der Waals surface area contributed by atoms with Gasteiger partial charge in [0.05, 0.1) is 16.7 Å². The van der Waals surface area contributed by atoms with E-state index in [0.29, 0.717) is 0 Å². The quantitative estimate of drug-likeness (QED) is 0.855. The molecule has 1 aliphatic rings. The lowest BCUT2D eigenvalue weighted by atomic mass is 10.3. The van der Waals surface area contributed by atoms with Gasteiger partial charge in [0, 0.05) is 44.2 Å². The largest absolute Gasteiger partial charge is 0.353 e. The van der Waals surface area contributed by atoms with Crippen molar-refractivity contribution in [1.29, 1.82) is 0 Å². The minimum absolute atomic E-state index is 0.0405. The maximum absolute atomic E-state index is 11.8. The Kier molecular flexibility index (Phi) is 4.77. The van der Waals surface area contributed by atoms with Crippen molar-refractivity contribution in [3.8, 4) is 0 Å². The van der Waals surface area contributed by atoms with Gasteiger partial charge < -0.3 is 4.90 Å². The topological polar surface area (TPSA) is 54.3 Å². The number of piperazine rings is 1. The van der Waals surface area contributed by atoms with E-state index >= 15 is 0 Å². The summed E-state index contributed by atoms with van der Waals surface area (Å²) in [5.41, 5.74) is 1.12. The number of nitrogens with zero attached hydrogens (tertiary/aromatic N) is 5. The number of hydrogen-bond donors (Lipinski definition) is 0. The van der Waals surface area contributed by atoms with Crippen LogP contribution in [0.3, 0.4) is 0 Å². The van der Waals surface area contributed by atoms with Crippen molar-refractivity contribution >= 4 is 17.2 Å². The maximum atomic E-state index is 11.8. The summed E-state index contributed by atoms with van der Waals surface area (Å²) in [4.78, 5) is 21.0. The van der Waals surface area contributed by atoms with Gasteiger partial charge in [-0.3, -0.25) is 9.69 Å². The van der Waals surface area contributed by atoms with Gasteiger partial charge in [0.2, 0.25) is 0 Å². The fourth-order valence-electron chi connectivity index (χ4n) is 2.80. The summed E-state index contributed by atoms with van der Waals surface area (Å²) in [6, 6.07) is 3.53. The zero-order valence-electron chi connectivity index (χ0n) is 13.9. The van der Waals surface area contributed by atoms with E-state index in [-0.39, 0.29) is 11.6 Å². The van der Waals surface area contributed by atoms with Gasteiger partial charge in [-0.2, -0.15) is 5.10 Å². The first kappa shape index (κ1) is 16.1. The lowest BCUT2D eigenvalue weighted by molar-refractivity contribution is 0.246. The van der Waals surface area contributed by atoms with E-state index in [9.17, 15) is 4.79 Å². The first-order chi connectivity index (χ1) is 11.0. The van der Waals surface area contributed by atoms with Gasteiger partial charge in [-0.05, 0) is 26.8 Å². The molecule has 3 heterocycles. The first-order valence-electron chi connectivity index (χ1n) is 8.01. The van der Waals surface area contributed by atoms with Crippen molar-refractivity contribution < 1.29 is 0 Å². The number of aromatic nitrogens is 3. The van der Waals surface area contributed by atoms with Crippen LogP contribution in [0.4, 0.5) is 5.82 Å². The van der Waals surface area contributed by atoms with Gasteiger partial charge >= 0.3 is 0 Å². The molecule has 2 aromatic heterocycles. The molecule has 124 valence electrons. The van der Waals surface area contributed by atoms with Crippen LogP contribution < -0.4 is 10.5 Å². The molecule has 0 bridgehead atoms. The highest BCUT2D eigenvalue weighted by Crippen LogP contribution is 2.15. The van der Waals surface area contributed by atoms with Gasteiger partial charge in [-0.15, -0.1) is 11.3 Å². The molecule has 0 spiro atoms. The Balaban J connectivity index is 1.62. The molecule has 0 amide bonds. The number of hydrogen-bond acceptors (Lipinski definition) is 6. The second-order valence-electron chi connectivity index (χ2n) is 6.19. The molecule has 0 saturated carbocycles. The maximum Gasteiger partial charge on any atom is 0.267 e. The molecule has 0 aromatic carbocycles. The summed E-state index contributed by atoms with van der Waals surface area (Å²) in [5, 5.41) is 7.77. The van der Waals surface area contributed by atoms with E-state index in [2.05, 4.69) is 25.3 Å². The normalized spacial score (nSPS) is 16.3. The summed E-state index contributed by atoms with van der Waals surface area (Å²) < 4.78 is 1.56. The molecule has 6 nitrogen and oxygen atoms in total. The van der Waals surface area contributed by atoms with Crippen LogP contribution in [0.15, 0.2) is 22.3 Å². The Hall–Kier alpha value is -1.73. The molecule has 2 aromatic rings. The van der Waals surface area contributed by atoms with E-state index < -0.39 is 0 Å². The summed E-state index contributed by atoms with van der Waals surface area (Å²) in [6.45, 7) is 10.7. The molecule has 1 saturated heterocycles. The summed E-state index contributed by atoms with van der Waals surface area (Å²) >= 11 is 1.71. The van der Waals surface area contributed by atoms with Crippen LogP contribution in [0.2, 0.25) is 0 Å². The monoisotopic (exact) mass is 333 g/mol. The van der Waals surface area contributed by atoms with Gasteiger partial charge in [0.1, 0.15) is 5.82 Å². The molecule has 0 atom stereocenters. The molecule has 7 heteroatoms. The van der Waals surface area contributed by atoms with Gasteiger partial charge in [-0.25, -0.2) is 9.67 Å². The van der Waals surface area contributed by atoms with Crippen molar-refractivity contribution in [2.24, 2.45) is 0 Å². The highest BCUT2D eigenvalue weighted by atomic mass is 32.1. The highest BCUT2D eigenvalue weighted by Gasteiger charge is 2.19. The number of aryl methyl sites for hydroxylation is 1. The lowest BCUT2D eigenvalue weighted by Crippen LogP contribution is -2.46. The fourth-order valence-corrected chi connectivity index (χ4v) is 3.40. The Labute approximate surface area is 140 Å². The van der Waals surface area contributed by atoms with E-state index in [1.54, 1.807) is 22.1 Å². The van der Waals surface area contributed by atoms with Crippen LogP contribution in [0.1, 0.15) is 30.6 Å². The van der Waals surface area contributed by atoms with Crippen molar-refractivity contribution in [2.75, 3.05) is 31.1 Å². The average Bonchev–Trinajstić information content (AvgIpc) is 2.93. The fraction of sp³-hybridized carbons (Fsp3) is 0.562. The Morgan fingerprint density at radius 3 is 2.57 bits per heavy atom. The molecular formula is C16H23N5OS. The molecule has 23 heavy (non-hydrogen) atoms. The summed E-state index contributed by atoms with van der Waals surface area (Å²) in [5.74, 6) is 0.891. The van der Waals surface area contributed by atoms with E-state index in [4.69, 9.17) is 0 Å². The first-order valence-corrected chi connectivity index (χ1v) is 8.89. The van der Waals surface area contributed by atoms with E-state index in [1.165, 1.54) is 0 Å². The van der Waals surface area contributed by atoms with E-state index in [1.807, 2.05) is 26.8 Å². The molecule has 0 unspecified atom stereocenters. The Morgan fingerprint density at radius 1 is 1.22 bits per heavy atom. The lowest BCUT2D eigenvalue weighted by Gasteiger charge is -2.35. The zero-order valence-corrected chi connectivity index (χ0v) is 14.7. The standard InChI is InChI=1S/C16H23N5OS/c1-12(2)21-16(22)5-4-15(18-21)20-8-6-19(7-9-20)10-14-11-23-13(3)17-14/h4-5,11-12H,6-10H2,1-3H3. The predicted molar refractivity (Wildman–Crippen MR) is 93.2 cm³/mol. The molecule has 0 radical (unpaired) electrons. The number of rotatable bonds is 4. The minimum Gasteiger partial charge on any atom is -0.353 e. The second-order valence-corrected chi connectivity index (χ2v) is 7.25. The van der Waals surface area contributed by atoms with E-state index in [0.717, 1.165) is 49.2 Å². The average molecular weight is 333 g/mol. The predicted octanol–water partition coefficient (Wildman–Crippen LogP) is 1.91. The van der Waals surface area contributed by atoms with Crippen LogP contribution >= 0.6 is 11.3 Å². The van der Waals surface area contributed by atoms with Gasteiger partial charge in [-0.1, -0.05) is 0 Å². The third-order valence-electron chi connectivity index (χ3n) is 4.05. The highest BCUT2D eigenvalue weighted by molar-refractivity contribution is 7.09. The van der Waals surface area contributed by atoms with Crippen molar-refractivity contribution in [3.05, 3.63) is 38.6 Å². The molecule has 1 fully saturated rings. The van der Waals surface area contributed by atoms with Crippen LogP contribution in [-0.4, -0.2) is 45.8 Å². The Bertz CT molecular complexity index is 715. The molecule has 0 N–H and O–H groups in total. The molecule has 3 rings (SSSR count). The van der Waals surface area contributed by atoms with Crippen molar-refractivity contribution in [1.82, 2.24) is 19.7 Å². The smallest absolute Gasteiger partial charge is 0.267 e. The third kappa shape index (κ3) is 3.79. The van der Waals surface area contributed by atoms with Gasteiger partial charge in [0.25, 0.3) is 5.56 Å². The third-order valence-corrected chi connectivity index (χ3v) is 4.87. The molecule has 1 aliphatic heterocycles. The van der Waals surface area contributed by atoms with Crippen LogP contribution in [0.25, 0.3) is 0 Å². The van der Waals surface area contributed by atoms with Crippen molar-refractivity contribution in [2.45, 2.75) is 33.4 Å². The zero-order chi connectivity index (χ0) is 16.4. The number of thiazole rings is 1. The van der Waals surface area contributed by atoms with Crippen LogP contribution in [-0.2, 0) is 6.54 Å². The summed E-state index contributed by atoms with van der Waals surface area (Å²) in [6.07, 6.45) is 0. The van der Waals surface area contributed by atoms with Crippen LogP contribution in [0, 0.1) is 6.92 Å². The molecule has 0 aliphatic carbocycles. The van der Waals surface area contributed by atoms with Gasteiger partial charge in [0.15, 0.2) is 0 Å². The van der Waals surface area contributed by atoms with Crippen molar-refractivity contribution in [3.63, 3.8) is 0 Å². The SMILES string of the molecule is Cc1nc(CN2CCN(c3ccc(=O)n(C(C)C)n3)CC2)cs1. The Morgan fingerprint density at radius 2 is 1.96 bits per heavy atom. The minimum atomic E-state index is -0.0405. The molecular weight excluding hydrogens is 310 g/mol. The summed E-state index contributed by atoms with van der Waals surface area (Å²) in [7, 11) is 0. The second kappa shape index (κ2) is 6.80. The number of anilines is 1. The van der Waals surface area contributed by atoms with Crippen LogP contribution in [0.5, 0.6) is 0 Å².